The maximum atomic E-state index is 13.7. The molecule has 4 heteroatoms. The van der Waals surface area contributed by atoms with E-state index in [1.807, 2.05) is 36.4 Å². The number of hydrogen-bond acceptors (Lipinski definition) is 3. The Morgan fingerprint density at radius 3 is 2.65 bits per heavy atom. The fraction of sp³-hybridized carbons (Fsp3) is 0.182. The van der Waals surface area contributed by atoms with Gasteiger partial charge in [0.2, 0.25) is 0 Å². The highest BCUT2D eigenvalue weighted by atomic mass is 32.2. The van der Waals surface area contributed by atoms with Gasteiger partial charge in [-0.15, -0.1) is 11.8 Å². The summed E-state index contributed by atoms with van der Waals surface area (Å²) in [6.07, 6.45) is 0.913. The number of halogens is 1. The minimum absolute atomic E-state index is 0.188. The first-order valence-electron chi connectivity index (χ1n) is 8.74. The Morgan fingerprint density at radius 2 is 1.81 bits per heavy atom. The third kappa shape index (κ3) is 3.56. The maximum Gasteiger partial charge on any atom is 0.123 e. The van der Waals surface area contributed by atoms with Crippen LogP contribution in [0.15, 0.2) is 77.7 Å². The van der Waals surface area contributed by atoms with Gasteiger partial charge >= 0.3 is 0 Å². The fourth-order valence-electron chi connectivity index (χ4n) is 3.38. The smallest absolute Gasteiger partial charge is 0.123 e. The molecule has 0 saturated heterocycles. The minimum atomic E-state index is -0.188. The molecule has 1 aliphatic rings. The van der Waals surface area contributed by atoms with E-state index in [-0.39, 0.29) is 11.1 Å². The summed E-state index contributed by atoms with van der Waals surface area (Å²) in [5.41, 5.74) is 3.10. The summed E-state index contributed by atoms with van der Waals surface area (Å²) in [6, 6.07) is 22.7. The van der Waals surface area contributed by atoms with Crippen LogP contribution in [0.3, 0.4) is 0 Å². The van der Waals surface area contributed by atoms with Gasteiger partial charge in [0.05, 0.1) is 5.69 Å². The quantitative estimate of drug-likeness (QED) is 0.637. The average Bonchev–Trinajstić information content (AvgIpc) is 2.84. The summed E-state index contributed by atoms with van der Waals surface area (Å²) in [4.78, 5) is 3.49. The van der Waals surface area contributed by atoms with Crippen molar-refractivity contribution in [3.05, 3.63) is 89.7 Å². The van der Waals surface area contributed by atoms with Crippen LogP contribution in [0.25, 0.3) is 0 Å². The van der Waals surface area contributed by atoms with Gasteiger partial charge in [-0.2, -0.15) is 0 Å². The number of rotatable bonds is 3. The lowest BCUT2D eigenvalue weighted by Gasteiger charge is -2.25. The molecule has 0 radical (unpaired) electrons. The van der Waals surface area contributed by atoms with E-state index in [1.165, 1.54) is 16.6 Å². The molecule has 1 atom stereocenters. The zero-order chi connectivity index (χ0) is 17.9. The van der Waals surface area contributed by atoms with Crippen LogP contribution in [-0.2, 0) is 6.54 Å². The molecule has 3 aromatic rings. The van der Waals surface area contributed by atoms with Crippen molar-refractivity contribution < 1.29 is 9.50 Å². The molecule has 26 heavy (non-hydrogen) atoms. The van der Waals surface area contributed by atoms with Crippen molar-refractivity contribution in [2.24, 2.45) is 0 Å². The molecule has 0 amide bonds. The second-order valence-corrected chi connectivity index (χ2v) is 7.71. The molecule has 0 bridgehead atoms. The summed E-state index contributed by atoms with van der Waals surface area (Å²) < 4.78 is 13.7. The zero-order valence-electron chi connectivity index (χ0n) is 14.3. The number of phenolic OH excluding ortho intramolecular Hbond substituents is 1. The molecule has 132 valence electrons. The highest BCUT2D eigenvalue weighted by molar-refractivity contribution is 7.99. The van der Waals surface area contributed by atoms with Gasteiger partial charge in [-0.25, -0.2) is 4.39 Å². The van der Waals surface area contributed by atoms with Crippen LogP contribution >= 0.6 is 11.8 Å². The Kier molecular flexibility index (Phi) is 4.85. The first-order chi connectivity index (χ1) is 12.7. The van der Waals surface area contributed by atoms with E-state index < -0.39 is 0 Å². The van der Waals surface area contributed by atoms with E-state index in [0.717, 1.165) is 24.1 Å². The van der Waals surface area contributed by atoms with Crippen molar-refractivity contribution in [3.8, 4) is 5.75 Å². The molecule has 1 N–H and O–H groups in total. The highest BCUT2D eigenvalue weighted by Crippen LogP contribution is 2.45. The molecule has 0 saturated carbocycles. The summed E-state index contributed by atoms with van der Waals surface area (Å²) in [5, 5.41) is 10.4. The molecular weight excluding hydrogens is 345 g/mol. The van der Waals surface area contributed by atoms with Gasteiger partial charge in [0.1, 0.15) is 11.6 Å². The molecule has 2 nitrogen and oxygen atoms in total. The number of benzene rings is 3. The Morgan fingerprint density at radius 1 is 1.00 bits per heavy atom. The molecule has 0 aliphatic carbocycles. The van der Waals surface area contributed by atoms with Crippen molar-refractivity contribution in [1.29, 1.82) is 0 Å². The summed E-state index contributed by atoms with van der Waals surface area (Å²) >= 11 is 1.79. The Labute approximate surface area is 157 Å². The van der Waals surface area contributed by atoms with Gasteiger partial charge in [0.25, 0.3) is 0 Å². The molecule has 1 aliphatic heterocycles. The molecule has 0 fully saturated rings. The van der Waals surface area contributed by atoms with Crippen molar-refractivity contribution in [3.63, 3.8) is 0 Å². The number of aromatic hydroxyl groups is 1. The molecule has 3 aromatic carbocycles. The van der Waals surface area contributed by atoms with Crippen molar-refractivity contribution >= 4 is 17.4 Å². The number of thioether (sulfide) groups is 1. The number of para-hydroxylation sites is 2. The second kappa shape index (κ2) is 7.42. The van der Waals surface area contributed by atoms with Gasteiger partial charge in [-0.05, 0) is 42.3 Å². The lowest BCUT2D eigenvalue weighted by Crippen LogP contribution is -2.24. The van der Waals surface area contributed by atoms with Gasteiger partial charge < -0.3 is 10.0 Å². The van der Waals surface area contributed by atoms with E-state index in [0.29, 0.717) is 12.3 Å². The highest BCUT2D eigenvalue weighted by Gasteiger charge is 2.24. The van der Waals surface area contributed by atoms with Crippen LogP contribution in [0.1, 0.15) is 22.8 Å². The largest absolute Gasteiger partial charge is 0.508 e. The van der Waals surface area contributed by atoms with Gasteiger partial charge in [0, 0.05) is 28.8 Å². The van der Waals surface area contributed by atoms with Crippen LogP contribution in [-0.4, -0.2) is 11.7 Å². The third-order valence-electron chi connectivity index (χ3n) is 4.71. The SMILES string of the molecule is Oc1ccccc1CN1CC[C@H](c2cccc(F)c2)Sc2ccccc21. The Balaban J connectivity index is 1.65. The van der Waals surface area contributed by atoms with E-state index in [1.54, 1.807) is 30.0 Å². The van der Waals surface area contributed by atoms with E-state index in [2.05, 4.69) is 17.0 Å². The number of nitrogens with zero attached hydrogens (tertiary/aromatic N) is 1. The number of fused-ring (bicyclic) bond motifs is 1. The number of anilines is 1. The van der Waals surface area contributed by atoms with Crippen molar-refractivity contribution in [1.82, 2.24) is 0 Å². The predicted molar refractivity (Wildman–Crippen MR) is 105 cm³/mol. The summed E-state index contributed by atoms with van der Waals surface area (Å²) in [7, 11) is 0. The Bertz CT molecular complexity index is 914. The maximum absolute atomic E-state index is 13.7. The second-order valence-electron chi connectivity index (χ2n) is 6.47. The molecule has 0 spiro atoms. The van der Waals surface area contributed by atoms with Crippen molar-refractivity contribution in [2.45, 2.75) is 23.1 Å². The third-order valence-corrected chi connectivity index (χ3v) is 6.10. The zero-order valence-corrected chi connectivity index (χ0v) is 15.1. The fourth-order valence-corrected chi connectivity index (χ4v) is 4.67. The Hall–Kier alpha value is -2.46. The number of phenols is 1. The molecule has 1 heterocycles. The average molecular weight is 365 g/mol. The first kappa shape index (κ1) is 17.0. The minimum Gasteiger partial charge on any atom is -0.508 e. The van der Waals surface area contributed by atoms with Crippen LogP contribution in [0, 0.1) is 5.82 Å². The normalized spacial score (nSPS) is 16.8. The van der Waals surface area contributed by atoms with Crippen LogP contribution < -0.4 is 4.90 Å². The van der Waals surface area contributed by atoms with Crippen LogP contribution in [0.4, 0.5) is 10.1 Å². The molecule has 0 unspecified atom stereocenters. The molecule has 4 rings (SSSR count). The first-order valence-corrected chi connectivity index (χ1v) is 9.61. The lowest BCUT2D eigenvalue weighted by atomic mass is 10.1. The van der Waals surface area contributed by atoms with E-state index >= 15 is 0 Å². The van der Waals surface area contributed by atoms with E-state index in [9.17, 15) is 9.50 Å². The predicted octanol–water partition coefficient (Wildman–Crippen LogP) is 5.78. The van der Waals surface area contributed by atoms with Gasteiger partial charge in [-0.3, -0.25) is 0 Å². The monoisotopic (exact) mass is 365 g/mol. The van der Waals surface area contributed by atoms with Gasteiger partial charge in [-0.1, -0.05) is 42.5 Å². The van der Waals surface area contributed by atoms with Crippen LogP contribution in [0.5, 0.6) is 5.75 Å². The van der Waals surface area contributed by atoms with E-state index in [4.69, 9.17) is 0 Å². The summed E-state index contributed by atoms with van der Waals surface area (Å²) in [6.45, 7) is 1.50. The van der Waals surface area contributed by atoms with Gasteiger partial charge in [0.15, 0.2) is 0 Å². The number of hydrogen-bond donors (Lipinski definition) is 1. The topological polar surface area (TPSA) is 23.5 Å². The summed E-state index contributed by atoms with van der Waals surface area (Å²) in [5.74, 6) is 0.134. The van der Waals surface area contributed by atoms with Crippen molar-refractivity contribution in [2.75, 3.05) is 11.4 Å². The molecular formula is C22H20FNOS. The lowest BCUT2D eigenvalue weighted by molar-refractivity contribution is 0.467. The standard InChI is InChI=1S/C22H20FNOS/c23-18-8-5-7-16(14-18)21-12-13-24(15-17-6-1-3-10-20(17)25)19-9-2-4-11-22(19)26-21/h1-11,14,21,25H,12-13,15H2/t21-/m1/s1. The molecule has 0 aromatic heterocycles. The van der Waals surface area contributed by atoms with Crippen LogP contribution in [0.2, 0.25) is 0 Å².